The molecule has 1 amide bonds. The van der Waals surface area contributed by atoms with Crippen LogP contribution in [0.4, 0.5) is 0 Å². The number of ketones is 1. The molecule has 1 aromatic rings. The molecule has 1 unspecified atom stereocenters. The van der Waals surface area contributed by atoms with Gasteiger partial charge in [0.25, 0.3) is 0 Å². The smallest absolute Gasteiger partial charge is 0.220 e. The quantitative estimate of drug-likeness (QED) is 0.631. The zero-order valence-electron chi connectivity index (χ0n) is 14.7. The van der Waals surface area contributed by atoms with Crippen molar-refractivity contribution in [2.24, 2.45) is 11.7 Å². The zero-order valence-corrected chi connectivity index (χ0v) is 15.5. The summed E-state index contributed by atoms with van der Waals surface area (Å²) in [6.07, 6.45) is 2.11. The normalized spacial score (nSPS) is 11.5. The van der Waals surface area contributed by atoms with E-state index in [1.807, 2.05) is 0 Å². The molecule has 0 aliphatic carbocycles. The number of benzene rings is 1. The lowest BCUT2D eigenvalue weighted by Gasteiger charge is -2.18. The average Bonchev–Trinajstić information content (AvgIpc) is 2.53. The van der Waals surface area contributed by atoms with Crippen molar-refractivity contribution in [1.82, 2.24) is 5.32 Å². The lowest BCUT2D eigenvalue weighted by atomic mass is 10.0. The van der Waals surface area contributed by atoms with Gasteiger partial charge in [-0.2, -0.15) is 0 Å². The average molecular weight is 357 g/mol. The van der Waals surface area contributed by atoms with Crippen molar-refractivity contribution in [1.29, 1.82) is 0 Å². The summed E-state index contributed by atoms with van der Waals surface area (Å²) in [6.45, 7) is 4.64. The number of rotatable bonds is 10. The Labute approximate surface area is 150 Å². The molecule has 0 heterocycles. The molecule has 1 rings (SSSR count). The second kappa shape index (κ2) is 11.9. The van der Waals surface area contributed by atoms with Gasteiger partial charge in [0.05, 0.1) is 7.11 Å². The molecule has 0 spiro atoms. The highest BCUT2D eigenvalue weighted by Crippen LogP contribution is 2.14. The van der Waals surface area contributed by atoms with Gasteiger partial charge in [-0.05, 0) is 43.0 Å². The van der Waals surface area contributed by atoms with Crippen LogP contribution in [0.3, 0.4) is 0 Å². The number of hydrogen-bond acceptors (Lipinski definition) is 4. The van der Waals surface area contributed by atoms with Crippen molar-refractivity contribution < 1.29 is 14.3 Å². The fraction of sp³-hybridized carbons (Fsp3) is 0.556. The summed E-state index contributed by atoms with van der Waals surface area (Å²) in [5.41, 5.74) is 6.31. The van der Waals surface area contributed by atoms with Gasteiger partial charge in [0.2, 0.25) is 5.91 Å². The van der Waals surface area contributed by atoms with E-state index in [0.29, 0.717) is 37.3 Å². The third-order valence-electron chi connectivity index (χ3n) is 3.63. The first-order chi connectivity index (χ1) is 11.0. The number of Topliss-reactive ketones (excluding diaryl/α,β-unsaturated/α-hetero) is 1. The molecule has 0 saturated heterocycles. The van der Waals surface area contributed by atoms with Gasteiger partial charge in [-0.25, -0.2) is 0 Å². The molecule has 24 heavy (non-hydrogen) atoms. The van der Waals surface area contributed by atoms with E-state index >= 15 is 0 Å². The summed E-state index contributed by atoms with van der Waals surface area (Å²) < 4.78 is 5.06. The van der Waals surface area contributed by atoms with Gasteiger partial charge in [-0.1, -0.05) is 13.8 Å². The third kappa shape index (κ3) is 8.31. The minimum absolute atomic E-state index is 0. The number of ether oxygens (including phenoxy) is 1. The van der Waals surface area contributed by atoms with Crippen LogP contribution in [0.2, 0.25) is 0 Å². The van der Waals surface area contributed by atoms with Gasteiger partial charge in [0.15, 0.2) is 5.78 Å². The standard InChI is InChI=1S/C18H28N2O3.ClH/c1-13(2)11-15(12-19)20-18(22)6-4-5-17(21)14-7-9-16(23-3)10-8-14;/h7-10,13,15H,4-6,11-12,19H2,1-3H3,(H,20,22);1H. The monoisotopic (exact) mass is 356 g/mol. The predicted molar refractivity (Wildman–Crippen MR) is 98.9 cm³/mol. The van der Waals surface area contributed by atoms with Gasteiger partial charge < -0.3 is 15.8 Å². The summed E-state index contributed by atoms with van der Waals surface area (Å²) in [6, 6.07) is 7.03. The molecule has 3 N–H and O–H groups in total. The molecule has 0 aliphatic rings. The molecule has 0 radical (unpaired) electrons. The summed E-state index contributed by atoms with van der Waals surface area (Å²) in [4.78, 5) is 24.0. The minimum Gasteiger partial charge on any atom is -0.497 e. The Balaban J connectivity index is 0.00000529. The van der Waals surface area contributed by atoms with Crippen molar-refractivity contribution in [3.63, 3.8) is 0 Å². The van der Waals surface area contributed by atoms with Crippen molar-refractivity contribution in [2.75, 3.05) is 13.7 Å². The van der Waals surface area contributed by atoms with E-state index in [2.05, 4.69) is 19.2 Å². The molecule has 1 aromatic carbocycles. The number of hydrogen-bond donors (Lipinski definition) is 2. The van der Waals surface area contributed by atoms with Gasteiger partial charge in [-0.3, -0.25) is 9.59 Å². The molecule has 1 atom stereocenters. The number of carbonyl (C=O) groups excluding carboxylic acids is 2. The zero-order chi connectivity index (χ0) is 17.2. The molecule has 5 nitrogen and oxygen atoms in total. The molecule has 0 aliphatic heterocycles. The summed E-state index contributed by atoms with van der Waals surface area (Å²) >= 11 is 0. The van der Waals surface area contributed by atoms with Crippen molar-refractivity contribution in [2.45, 2.75) is 45.6 Å². The van der Waals surface area contributed by atoms with E-state index in [4.69, 9.17) is 10.5 Å². The molecule has 0 fully saturated rings. The molecule has 6 heteroatoms. The van der Waals surface area contributed by atoms with E-state index in [1.165, 1.54) is 0 Å². The summed E-state index contributed by atoms with van der Waals surface area (Å²) in [5, 5.41) is 2.93. The Kier molecular flexibility index (Phi) is 11.1. The maximum Gasteiger partial charge on any atom is 0.220 e. The van der Waals surface area contributed by atoms with Gasteiger partial charge in [-0.15, -0.1) is 12.4 Å². The van der Waals surface area contributed by atoms with Crippen LogP contribution in [0, 0.1) is 5.92 Å². The topological polar surface area (TPSA) is 81.4 Å². The van der Waals surface area contributed by atoms with E-state index in [9.17, 15) is 9.59 Å². The van der Waals surface area contributed by atoms with Crippen LogP contribution in [0.25, 0.3) is 0 Å². The van der Waals surface area contributed by atoms with Crippen molar-refractivity contribution in [3.05, 3.63) is 29.8 Å². The van der Waals surface area contributed by atoms with Gasteiger partial charge >= 0.3 is 0 Å². The van der Waals surface area contributed by atoms with Crippen molar-refractivity contribution in [3.8, 4) is 5.75 Å². The number of nitrogens with two attached hydrogens (primary N) is 1. The van der Waals surface area contributed by atoms with Gasteiger partial charge in [0.1, 0.15) is 5.75 Å². The molecular formula is C18H29ClN2O3. The lowest BCUT2D eigenvalue weighted by molar-refractivity contribution is -0.121. The number of halogens is 1. The number of amides is 1. The fourth-order valence-corrected chi connectivity index (χ4v) is 2.41. The summed E-state index contributed by atoms with van der Waals surface area (Å²) in [7, 11) is 1.59. The molecule has 136 valence electrons. The largest absolute Gasteiger partial charge is 0.497 e. The van der Waals surface area contributed by atoms with Crippen LogP contribution in [0.5, 0.6) is 5.75 Å². The summed E-state index contributed by atoms with van der Waals surface area (Å²) in [5.74, 6) is 1.21. The molecular weight excluding hydrogens is 328 g/mol. The minimum atomic E-state index is -0.0383. The van der Waals surface area contributed by atoms with Crippen molar-refractivity contribution >= 4 is 24.1 Å². The van der Waals surface area contributed by atoms with E-state index in [0.717, 1.165) is 12.2 Å². The third-order valence-corrected chi connectivity index (χ3v) is 3.63. The first kappa shape index (κ1) is 22.4. The van der Waals surface area contributed by atoms with E-state index < -0.39 is 0 Å². The Bertz CT molecular complexity index is 503. The van der Waals surface area contributed by atoms with Crippen LogP contribution in [-0.4, -0.2) is 31.4 Å². The van der Waals surface area contributed by atoms with E-state index in [1.54, 1.807) is 31.4 Å². The second-order valence-electron chi connectivity index (χ2n) is 6.13. The van der Waals surface area contributed by atoms with Crippen LogP contribution >= 0.6 is 12.4 Å². The Hall–Kier alpha value is -1.59. The van der Waals surface area contributed by atoms with Crippen LogP contribution in [0.15, 0.2) is 24.3 Å². The number of nitrogens with one attached hydrogen (secondary N) is 1. The Morgan fingerprint density at radius 2 is 1.79 bits per heavy atom. The number of methoxy groups -OCH3 is 1. The maximum absolute atomic E-state index is 12.1. The van der Waals surface area contributed by atoms with Gasteiger partial charge in [0, 0.05) is 31.0 Å². The highest BCUT2D eigenvalue weighted by molar-refractivity contribution is 5.96. The highest BCUT2D eigenvalue weighted by Gasteiger charge is 2.13. The SMILES string of the molecule is COc1ccc(C(=O)CCCC(=O)NC(CN)CC(C)C)cc1.Cl. The predicted octanol–water partition coefficient (Wildman–Crippen LogP) is 2.96. The Morgan fingerprint density at radius 3 is 2.29 bits per heavy atom. The highest BCUT2D eigenvalue weighted by atomic mass is 35.5. The molecule has 0 bridgehead atoms. The fourth-order valence-electron chi connectivity index (χ4n) is 2.41. The maximum atomic E-state index is 12.1. The first-order valence-electron chi connectivity index (χ1n) is 8.13. The Morgan fingerprint density at radius 1 is 1.17 bits per heavy atom. The molecule has 0 aromatic heterocycles. The van der Waals surface area contributed by atoms with Crippen LogP contribution in [-0.2, 0) is 4.79 Å². The molecule has 0 saturated carbocycles. The lowest BCUT2D eigenvalue weighted by Crippen LogP contribution is -2.40. The first-order valence-corrected chi connectivity index (χ1v) is 8.13. The number of carbonyl (C=O) groups is 2. The second-order valence-corrected chi connectivity index (χ2v) is 6.13. The van der Waals surface area contributed by atoms with Crippen LogP contribution < -0.4 is 15.8 Å². The van der Waals surface area contributed by atoms with E-state index in [-0.39, 0.29) is 30.1 Å². The van der Waals surface area contributed by atoms with Crippen LogP contribution in [0.1, 0.15) is 49.9 Å².